The average Bonchev–Trinajstić information content (AvgIpc) is 2.59. The number of Topliss-reactive ketones (excluding diaryl/α,β-unsaturated/α-hetero) is 1. The molecule has 1 aromatic carbocycles. The maximum absolute atomic E-state index is 13.1. The van der Waals surface area contributed by atoms with Crippen molar-refractivity contribution < 1.29 is 27.8 Å². The highest BCUT2D eigenvalue weighted by atomic mass is 19.3. The molecule has 29 heavy (non-hydrogen) atoms. The quantitative estimate of drug-likeness (QED) is 0.668. The number of aliphatic imine (C=N–C) groups is 1. The van der Waals surface area contributed by atoms with E-state index in [1.54, 1.807) is 26.0 Å². The predicted octanol–water partition coefficient (Wildman–Crippen LogP) is 4.67. The Kier molecular flexibility index (Phi) is 5.87. The van der Waals surface area contributed by atoms with Crippen LogP contribution >= 0.6 is 0 Å². The third kappa shape index (κ3) is 4.38. The predicted molar refractivity (Wildman–Crippen MR) is 104 cm³/mol. The lowest BCUT2D eigenvalue weighted by Crippen LogP contribution is -2.39. The van der Waals surface area contributed by atoms with E-state index in [0.717, 1.165) is 0 Å². The SMILES string of the molecule is CCOC(=O)C1C(C)=NC2=C(C(=O)CC(C)(C)C2)[C@@H]1c1ccc(OC(F)F)cc1. The van der Waals surface area contributed by atoms with Crippen molar-refractivity contribution in [3.8, 4) is 5.75 Å². The first-order valence-electron chi connectivity index (χ1n) is 9.66. The zero-order valence-electron chi connectivity index (χ0n) is 17.0. The van der Waals surface area contributed by atoms with Gasteiger partial charge in [-0.1, -0.05) is 26.0 Å². The molecule has 0 saturated heterocycles. The summed E-state index contributed by atoms with van der Waals surface area (Å²) in [6.45, 7) is 4.80. The van der Waals surface area contributed by atoms with Gasteiger partial charge in [0.1, 0.15) is 11.7 Å². The fourth-order valence-electron chi connectivity index (χ4n) is 4.20. The number of nitrogens with zero attached hydrogens (tertiary/aromatic N) is 1. The van der Waals surface area contributed by atoms with E-state index in [9.17, 15) is 18.4 Å². The Labute approximate surface area is 168 Å². The number of rotatable bonds is 5. The molecule has 1 aliphatic carbocycles. The van der Waals surface area contributed by atoms with E-state index >= 15 is 0 Å². The lowest BCUT2D eigenvalue weighted by molar-refractivity contribution is -0.146. The molecule has 1 unspecified atom stereocenters. The third-order valence-corrected chi connectivity index (χ3v) is 5.31. The molecular weight excluding hydrogens is 380 g/mol. The number of ether oxygens (including phenoxy) is 2. The summed E-state index contributed by atoms with van der Waals surface area (Å²) in [5.41, 5.74) is 2.26. The minimum absolute atomic E-state index is 0.0166. The van der Waals surface area contributed by atoms with Crippen LogP contribution in [0.25, 0.3) is 0 Å². The molecular formula is C22H25F2NO4. The highest BCUT2D eigenvalue weighted by Crippen LogP contribution is 2.48. The van der Waals surface area contributed by atoms with Gasteiger partial charge in [0.2, 0.25) is 0 Å². The molecule has 0 radical (unpaired) electrons. The molecule has 5 nitrogen and oxygen atoms in total. The number of esters is 1. The van der Waals surface area contributed by atoms with E-state index < -0.39 is 24.4 Å². The second-order valence-electron chi connectivity index (χ2n) is 8.21. The summed E-state index contributed by atoms with van der Waals surface area (Å²) in [6.07, 6.45) is 0.989. The Hall–Kier alpha value is -2.57. The number of halogens is 2. The van der Waals surface area contributed by atoms with Crippen molar-refractivity contribution in [3.63, 3.8) is 0 Å². The van der Waals surface area contributed by atoms with Crippen molar-refractivity contribution >= 4 is 17.5 Å². The molecule has 1 heterocycles. The van der Waals surface area contributed by atoms with Gasteiger partial charge in [-0.3, -0.25) is 14.6 Å². The minimum Gasteiger partial charge on any atom is -0.465 e. The number of benzene rings is 1. The number of carbonyl (C=O) groups is 2. The van der Waals surface area contributed by atoms with Crippen molar-refractivity contribution in [1.82, 2.24) is 0 Å². The van der Waals surface area contributed by atoms with Crippen LogP contribution in [0.3, 0.4) is 0 Å². The van der Waals surface area contributed by atoms with Gasteiger partial charge >= 0.3 is 12.6 Å². The molecule has 0 N–H and O–H groups in total. The van der Waals surface area contributed by atoms with Crippen molar-refractivity contribution in [1.29, 1.82) is 0 Å². The standard InChI is InChI=1S/C22H25F2NO4/c1-5-28-20(27)17-12(2)25-15-10-22(3,4)11-16(26)19(15)18(17)13-6-8-14(9-7-13)29-21(23)24/h6-9,17-18,21H,5,10-11H2,1-4H3/t17?,18-/m1/s1. The summed E-state index contributed by atoms with van der Waals surface area (Å²) < 4.78 is 34.6. The Morgan fingerprint density at radius 3 is 2.48 bits per heavy atom. The molecule has 156 valence electrons. The molecule has 1 aliphatic heterocycles. The first-order chi connectivity index (χ1) is 13.6. The van der Waals surface area contributed by atoms with Crippen LogP contribution < -0.4 is 4.74 Å². The van der Waals surface area contributed by atoms with E-state index in [4.69, 9.17) is 4.74 Å². The van der Waals surface area contributed by atoms with Crippen LogP contribution in [0.5, 0.6) is 5.75 Å². The van der Waals surface area contributed by atoms with Crippen LogP contribution in [0.15, 0.2) is 40.5 Å². The van der Waals surface area contributed by atoms with E-state index in [1.165, 1.54) is 12.1 Å². The number of hydrogen-bond donors (Lipinski definition) is 0. The third-order valence-electron chi connectivity index (χ3n) is 5.31. The van der Waals surface area contributed by atoms with Gasteiger partial charge in [-0.15, -0.1) is 0 Å². The van der Waals surface area contributed by atoms with Gasteiger partial charge < -0.3 is 9.47 Å². The molecule has 0 aromatic heterocycles. The number of allylic oxidation sites excluding steroid dienone is 2. The van der Waals surface area contributed by atoms with Gasteiger partial charge in [0, 0.05) is 29.3 Å². The van der Waals surface area contributed by atoms with Crippen LogP contribution in [0, 0.1) is 11.3 Å². The second-order valence-corrected chi connectivity index (χ2v) is 8.21. The Morgan fingerprint density at radius 2 is 1.90 bits per heavy atom. The van der Waals surface area contributed by atoms with Gasteiger partial charge in [-0.05, 0) is 43.4 Å². The molecule has 1 aromatic rings. The largest absolute Gasteiger partial charge is 0.465 e. The topological polar surface area (TPSA) is 65.0 Å². The first kappa shape index (κ1) is 21.1. The zero-order chi connectivity index (χ0) is 21.3. The lowest BCUT2D eigenvalue weighted by atomic mass is 9.67. The number of ketones is 1. The normalized spacial score (nSPS) is 23.6. The minimum atomic E-state index is -2.92. The van der Waals surface area contributed by atoms with E-state index in [1.807, 2.05) is 13.8 Å². The molecule has 0 bridgehead atoms. The Morgan fingerprint density at radius 1 is 1.24 bits per heavy atom. The fourth-order valence-corrected chi connectivity index (χ4v) is 4.20. The van der Waals surface area contributed by atoms with Crippen molar-refractivity contribution in [2.24, 2.45) is 16.3 Å². The van der Waals surface area contributed by atoms with E-state index in [2.05, 4.69) is 9.73 Å². The van der Waals surface area contributed by atoms with E-state index in [0.29, 0.717) is 35.4 Å². The number of alkyl halides is 2. The maximum Gasteiger partial charge on any atom is 0.387 e. The summed E-state index contributed by atoms with van der Waals surface area (Å²) in [4.78, 5) is 30.4. The van der Waals surface area contributed by atoms with Gasteiger partial charge in [0.25, 0.3) is 0 Å². The molecule has 3 rings (SSSR count). The maximum atomic E-state index is 13.1. The van der Waals surface area contributed by atoms with Crippen LogP contribution in [-0.4, -0.2) is 30.7 Å². The first-order valence-corrected chi connectivity index (χ1v) is 9.66. The molecule has 2 aliphatic rings. The van der Waals surface area contributed by atoms with Crippen molar-refractivity contribution in [2.45, 2.75) is 53.1 Å². The fraction of sp³-hybridized carbons (Fsp3) is 0.500. The molecule has 2 atom stereocenters. The van der Waals surface area contributed by atoms with Gasteiger partial charge in [-0.2, -0.15) is 8.78 Å². The number of hydrogen-bond acceptors (Lipinski definition) is 5. The molecule has 7 heteroatoms. The van der Waals surface area contributed by atoms with Crippen LogP contribution in [0.2, 0.25) is 0 Å². The average molecular weight is 405 g/mol. The molecule has 0 spiro atoms. The lowest BCUT2D eigenvalue weighted by Gasteiger charge is -2.39. The van der Waals surface area contributed by atoms with Crippen LogP contribution in [0.1, 0.15) is 52.0 Å². The summed E-state index contributed by atoms with van der Waals surface area (Å²) in [6, 6.07) is 6.07. The van der Waals surface area contributed by atoms with E-state index in [-0.39, 0.29) is 23.6 Å². The summed E-state index contributed by atoms with van der Waals surface area (Å²) in [5, 5.41) is 0. The highest BCUT2D eigenvalue weighted by molar-refractivity contribution is 6.09. The molecule has 0 saturated carbocycles. The highest BCUT2D eigenvalue weighted by Gasteiger charge is 2.45. The van der Waals surface area contributed by atoms with Crippen molar-refractivity contribution in [2.75, 3.05) is 6.61 Å². The van der Waals surface area contributed by atoms with Crippen LogP contribution in [0.4, 0.5) is 8.78 Å². The smallest absolute Gasteiger partial charge is 0.387 e. The van der Waals surface area contributed by atoms with Gasteiger partial charge in [0.15, 0.2) is 5.78 Å². The second kappa shape index (κ2) is 8.05. The van der Waals surface area contributed by atoms with Gasteiger partial charge in [-0.25, -0.2) is 0 Å². The summed E-state index contributed by atoms with van der Waals surface area (Å²) >= 11 is 0. The van der Waals surface area contributed by atoms with Crippen molar-refractivity contribution in [3.05, 3.63) is 41.1 Å². The summed E-state index contributed by atoms with van der Waals surface area (Å²) in [7, 11) is 0. The Balaban J connectivity index is 2.09. The van der Waals surface area contributed by atoms with Gasteiger partial charge in [0.05, 0.1) is 6.61 Å². The monoisotopic (exact) mass is 405 g/mol. The van der Waals surface area contributed by atoms with Crippen LogP contribution in [-0.2, 0) is 14.3 Å². The Bertz CT molecular complexity index is 871. The zero-order valence-corrected chi connectivity index (χ0v) is 17.0. The molecule has 0 fully saturated rings. The summed E-state index contributed by atoms with van der Waals surface area (Å²) in [5.74, 6) is -1.77. The number of carbonyl (C=O) groups excluding carboxylic acids is 2. The molecule has 0 amide bonds.